The molecule has 0 radical (unpaired) electrons. The summed E-state index contributed by atoms with van der Waals surface area (Å²) in [7, 11) is 0. The van der Waals surface area contributed by atoms with Crippen LogP contribution in [0.2, 0.25) is 0 Å². The molecule has 0 spiro atoms. The Hall–Kier alpha value is -2.14. The Kier molecular flexibility index (Phi) is 4.53. The number of para-hydroxylation sites is 1. The second-order valence-electron chi connectivity index (χ2n) is 5.23. The predicted octanol–water partition coefficient (Wildman–Crippen LogP) is 2.18. The molecule has 0 saturated heterocycles. The number of nitrogens with two attached hydrogens (primary N) is 1. The molecule has 3 N–H and O–H groups in total. The van der Waals surface area contributed by atoms with E-state index in [2.05, 4.69) is 10.4 Å². The van der Waals surface area contributed by atoms with Gasteiger partial charge in [-0.25, -0.2) is 4.68 Å². The van der Waals surface area contributed by atoms with E-state index in [0.29, 0.717) is 18.0 Å². The zero-order valence-electron chi connectivity index (χ0n) is 11.8. The monoisotopic (exact) mass is 272 g/mol. The molecule has 5 heteroatoms. The Morgan fingerprint density at radius 2 is 2.05 bits per heavy atom. The number of aromatic nitrogens is 2. The zero-order chi connectivity index (χ0) is 14.5. The van der Waals surface area contributed by atoms with Crippen molar-refractivity contribution in [1.29, 1.82) is 0 Å². The van der Waals surface area contributed by atoms with E-state index in [1.54, 1.807) is 17.1 Å². The lowest BCUT2D eigenvalue weighted by Crippen LogP contribution is -2.36. The highest BCUT2D eigenvalue weighted by Crippen LogP contribution is 2.12. The Balaban J connectivity index is 2.01. The summed E-state index contributed by atoms with van der Waals surface area (Å²) in [5.41, 5.74) is 7.44. The summed E-state index contributed by atoms with van der Waals surface area (Å²) in [4.78, 5) is 11.9. The first-order valence-corrected chi connectivity index (χ1v) is 6.73. The van der Waals surface area contributed by atoms with E-state index in [9.17, 15) is 4.79 Å². The summed E-state index contributed by atoms with van der Waals surface area (Å²) in [6.07, 6.45) is 4.06. The summed E-state index contributed by atoms with van der Waals surface area (Å²) in [6, 6.07) is 9.23. The third-order valence-corrected chi connectivity index (χ3v) is 2.93. The smallest absolute Gasteiger partial charge is 0.241 e. The maximum atomic E-state index is 11.9. The van der Waals surface area contributed by atoms with Crippen LogP contribution in [-0.4, -0.2) is 21.7 Å². The lowest BCUT2D eigenvalue weighted by molar-refractivity contribution is -0.117. The largest absolute Gasteiger partial charge is 0.322 e. The summed E-state index contributed by atoms with van der Waals surface area (Å²) in [5, 5.41) is 7.01. The number of nitrogens with zero attached hydrogens (tertiary/aromatic N) is 2. The minimum Gasteiger partial charge on any atom is -0.322 e. The molecule has 1 atom stereocenters. The highest BCUT2D eigenvalue weighted by Gasteiger charge is 2.15. The van der Waals surface area contributed by atoms with E-state index in [0.717, 1.165) is 5.69 Å². The van der Waals surface area contributed by atoms with Crippen LogP contribution >= 0.6 is 0 Å². The third kappa shape index (κ3) is 3.68. The number of carbonyl (C=O) groups excluding carboxylic acids is 1. The molecule has 0 bridgehead atoms. The van der Waals surface area contributed by atoms with Crippen LogP contribution in [0, 0.1) is 5.92 Å². The molecule has 1 amide bonds. The SMILES string of the molecule is CC(C)C[C@H](N)C(=O)Nc1cnn(-c2ccccc2)c1. The van der Waals surface area contributed by atoms with Gasteiger partial charge < -0.3 is 11.1 Å². The average Bonchev–Trinajstić information content (AvgIpc) is 2.87. The van der Waals surface area contributed by atoms with Gasteiger partial charge in [-0.3, -0.25) is 4.79 Å². The number of rotatable bonds is 5. The molecule has 0 aliphatic carbocycles. The van der Waals surface area contributed by atoms with Crippen molar-refractivity contribution in [3.05, 3.63) is 42.7 Å². The fourth-order valence-corrected chi connectivity index (χ4v) is 1.96. The molecule has 20 heavy (non-hydrogen) atoms. The van der Waals surface area contributed by atoms with Gasteiger partial charge in [-0.05, 0) is 24.5 Å². The zero-order valence-corrected chi connectivity index (χ0v) is 11.8. The van der Waals surface area contributed by atoms with Gasteiger partial charge in [0.1, 0.15) is 0 Å². The van der Waals surface area contributed by atoms with Gasteiger partial charge >= 0.3 is 0 Å². The van der Waals surface area contributed by atoms with Gasteiger partial charge in [0.15, 0.2) is 0 Å². The molecule has 0 aliphatic heterocycles. The molecule has 2 aromatic rings. The van der Waals surface area contributed by atoms with E-state index in [-0.39, 0.29) is 5.91 Å². The van der Waals surface area contributed by atoms with Gasteiger partial charge in [0.2, 0.25) is 5.91 Å². The van der Waals surface area contributed by atoms with Crippen molar-refractivity contribution in [2.45, 2.75) is 26.3 Å². The van der Waals surface area contributed by atoms with Gasteiger partial charge in [0, 0.05) is 0 Å². The van der Waals surface area contributed by atoms with Crippen LogP contribution in [0.15, 0.2) is 42.7 Å². The van der Waals surface area contributed by atoms with Crippen LogP contribution in [0.5, 0.6) is 0 Å². The molecular formula is C15H20N4O. The Labute approximate surface area is 118 Å². The maximum absolute atomic E-state index is 11.9. The first-order chi connectivity index (χ1) is 9.56. The van der Waals surface area contributed by atoms with Crippen LogP contribution in [-0.2, 0) is 4.79 Å². The Morgan fingerprint density at radius 1 is 1.35 bits per heavy atom. The molecule has 0 aliphatic rings. The fraction of sp³-hybridized carbons (Fsp3) is 0.333. The van der Waals surface area contributed by atoms with Crippen molar-refractivity contribution in [1.82, 2.24) is 9.78 Å². The van der Waals surface area contributed by atoms with Gasteiger partial charge in [-0.1, -0.05) is 32.0 Å². The first-order valence-electron chi connectivity index (χ1n) is 6.73. The fourth-order valence-electron chi connectivity index (χ4n) is 1.96. The quantitative estimate of drug-likeness (QED) is 0.876. The van der Waals surface area contributed by atoms with Crippen LogP contribution < -0.4 is 11.1 Å². The van der Waals surface area contributed by atoms with Crippen molar-refractivity contribution >= 4 is 11.6 Å². The Morgan fingerprint density at radius 3 is 2.70 bits per heavy atom. The van der Waals surface area contributed by atoms with Gasteiger partial charge in [-0.15, -0.1) is 0 Å². The van der Waals surface area contributed by atoms with Crippen LogP contribution in [0.4, 0.5) is 5.69 Å². The van der Waals surface area contributed by atoms with E-state index < -0.39 is 6.04 Å². The topological polar surface area (TPSA) is 72.9 Å². The minimum absolute atomic E-state index is 0.175. The second-order valence-corrected chi connectivity index (χ2v) is 5.23. The standard InChI is InChI=1S/C15H20N4O/c1-11(2)8-14(16)15(20)18-12-9-17-19(10-12)13-6-4-3-5-7-13/h3-7,9-11,14H,8,16H2,1-2H3,(H,18,20)/t14-/m0/s1. The summed E-state index contributed by atoms with van der Waals surface area (Å²) < 4.78 is 1.71. The van der Waals surface area contributed by atoms with Gasteiger partial charge in [-0.2, -0.15) is 5.10 Å². The van der Waals surface area contributed by atoms with E-state index >= 15 is 0 Å². The summed E-state index contributed by atoms with van der Waals surface area (Å²) in [5.74, 6) is 0.217. The first kappa shape index (κ1) is 14.3. The van der Waals surface area contributed by atoms with Crippen molar-refractivity contribution in [3.63, 3.8) is 0 Å². The molecule has 2 rings (SSSR count). The van der Waals surface area contributed by atoms with Crippen LogP contribution in [0.25, 0.3) is 5.69 Å². The molecule has 0 unspecified atom stereocenters. The molecular weight excluding hydrogens is 252 g/mol. The predicted molar refractivity (Wildman–Crippen MR) is 79.6 cm³/mol. The second kappa shape index (κ2) is 6.34. The number of hydrogen-bond acceptors (Lipinski definition) is 3. The number of hydrogen-bond donors (Lipinski definition) is 2. The number of benzene rings is 1. The minimum atomic E-state index is -0.491. The van der Waals surface area contributed by atoms with Crippen molar-refractivity contribution in [2.24, 2.45) is 11.7 Å². The van der Waals surface area contributed by atoms with Crippen LogP contribution in [0.1, 0.15) is 20.3 Å². The van der Waals surface area contributed by atoms with Gasteiger partial charge in [0.25, 0.3) is 0 Å². The molecule has 5 nitrogen and oxygen atoms in total. The number of anilines is 1. The van der Waals surface area contributed by atoms with E-state index in [4.69, 9.17) is 5.73 Å². The maximum Gasteiger partial charge on any atom is 0.241 e. The lowest BCUT2D eigenvalue weighted by Gasteiger charge is -2.12. The normalized spacial score (nSPS) is 12.4. The number of amides is 1. The van der Waals surface area contributed by atoms with Crippen LogP contribution in [0.3, 0.4) is 0 Å². The Bertz CT molecular complexity index is 562. The summed E-state index contributed by atoms with van der Waals surface area (Å²) >= 11 is 0. The molecule has 0 fully saturated rings. The molecule has 1 aromatic carbocycles. The van der Waals surface area contributed by atoms with Crippen molar-refractivity contribution in [2.75, 3.05) is 5.32 Å². The van der Waals surface area contributed by atoms with Crippen molar-refractivity contribution in [3.8, 4) is 5.69 Å². The third-order valence-electron chi connectivity index (χ3n) is 2.93. The summed E-state index contributed by atoms with van der Waals surface area (Å²) in [6.45, 7) is 4.08. The molecule has 1 aromatic heterocycles. The number of carbonyl (C=O) groups is 1. The van der Waals surface area contributed by atoms with E-state index in [1.807, 2.05) is 44.2 Å². The van der Waals surface area contributed by atoms with Crippen molar-refractivity contribution < 1.29 is 4.79 Å². The molecule has 0 saturated carbocycles. The van der Waals surface area contributed by atoms with Gasteiger partial charge in [0.05, 0.1) is 29.8 Å². The molecule has 1 heterocycles. The lowest BCUT2D eigenvalue weighted by atomic mass is 10.0. The average molecular weight is 272 g/mol. The number of nitrogens with one attached hydrogen (secondary N) is 1. The highest BCUT2D eigenvalue weighted by molar-refractivity contribution is 5.94. The molecule has 106 valence electrons. The highest BCUT2D eigenvalue weighted by atomic mass is 16.2. The van der Waals surface area contributed by atoms with E-state index in [1.165, 1.54) is 0 Å².